The summed E-state index contributed by atoms with van der Waals surface area (Å²) in [7, 11) is 0. The van der Waals surface area contributed by atoms with E-state index in [0.29, 0.717) is 24.9 Å². The van der Waals surface area contributed by atoms with Gasteiger partial charge in [-0.2, -0.15) is 0 Å². The molecule has 2 aromatic rings. The van der Waals surface area contributed by atoms with E-state index in [4.69, 9.17) is 15.5 Å². The van der Waals surface area contributed by atoms with E-state index in [-0.39, 0.29) is 61.3 Å². The van der Waals surface area contributed by atoms with Crippen LogP contribution in [0, 0.1) is 11.8 Å². The lowest BCUT2D eigenvalue weighted by atomic mass is 9.84. The zero-order valence-electron chi connectivity index (χ0n) is 27.2. The second-order valence-corrected chi connectivity index (χ2v) is 13.0. The van der Waals surface area contributed by atoms with Crippen molar-refractivity contribution in [2.24, 2.45) is 10.7 Å². The van der Waals surface area contributed by atoms with Gasteiger partial charge in [-0.15, -0.1) is 0 Å². The van der Waals surface area contributed by atoms with Crippen LogP contribution in [0.15, 0.2) is 52.8 Å². The number of fused-ring (bicyclic) bond motifs is 4. The number of hydrogen-bond donors (Lipinski definition) is 7. The lowest BCUT2D eigenvalue weighted by molar-refractivity contribution is -0.121. The Kier molecular flexibility index (Phi) is 10.2. The van der Waals surface area contributed by atoms with Crippen molar-refractivity contribution in [2.75, 3.05) is 13.1 Å². The summed E-state index contributed by atoms with van der Waals surface area (Å²) < 4.78 is 6.34. The molecule has 4 aliphatic rings. The van der Waals surface area contributed by atoms with E-state index in [1.807, 2.05) is 36.4 Å². The van der Waals surface area contributed by atoms with Gasteiger partial charge in [0, 0.05) is 49.8 Å². The zero-order chi connectivity index (χ0) is 33.9. The van der Waals surface area contributed by atoms with Crippen molar-refractivity contribution in [3.8, 4) is 29.1 Å². The third kappa shape index (κ3) is 7.28. The number of carbonyl (C=O) groups is 1. The number of aliphatic hydroxyl groups excluding tert-OH is 3. The molecule has 0 saturated heterocycles. The van der Waals surface area contributed by atoms with Gasteiger partial charge < -0.3 is 40.9 Å². The smallest absolute Gasteiger partial charge is 0.183 e. The van der Waals surface area contributed by atoms with Gasteiger partial charge in [0.15, 0.2) is 17.7 Å². The van der Waals surface area contributed by atoms with Crippen molar-refractivity contribution >= 4 is 11.5 Å². The number of aryl methyl sites for hydroxylation is 1. The maximum atomic E-state index is 12.6. The van der Waals surface area contributed by atoms with Crippen LogP contribution >= 0.6 is 0 Å². The van der Waals surface area contributed by atoms with Gasteiger partial charge in [-0.1, -0.05) is 37.3 Å². The number of allylic oxidation sites excluding steroid dienone is 1. The highest BCUT2D eigenvalue weighted by Crippen LogP contribution is 2.38. The second-order valence-electron chi connectivity index (χ2n) is 13.0. The molecule has 8 N–H and O–H groups in total. The molecule has 0 saturated carbocycles. The fourth-order valence-electron chi connectivity index (χ4n) is 6.98. The summed E-state index contributed by atoms with van der Waals surface area (Å²) in [6.45, 7) is 3.16. The Morgan fingerprint density at radius 2 is 1.98 bits per heavy atom. The fraction of sp³-hybridized carbons (Fsp3) is 0.459. The van der Waals surface area contributed by atoms with Crippen LogP contribution in [0.2, 0.25) is 0 Å². The first-order valence-corrected chi connectivity index (χ1v) is 16.7. The molecule has 0 aliphatic carbocycles. The number of aliphatic imine (C=N–C) groups is 1. The molecule has 0 spiro atoms. The first-order valence-electron chi connectivity index (χ1n) is 16.7. The average molecular weight is 657 g/mol. The Bertz CT molecular complexity index is 1720. The highest BCUT2D eigenvalue weighted by atomic mass is 16.5. The summed E-state index contributed by atoms with van der Waals surface area (Å²) in [6, 6.07) is 6.58. The Hall–Kier alpha value is -4.18. The number of benzene rings is 2. The minimum Gasteiger partial charge on any atom is -0.508 e. The molecule has 48 heavy (non-hydrogen) atoms. The first kappa shape index (κ1) is 33.7. The summed E-state index contributed by atoms with van der Waals surface area (Å²) in [5.41, 5.74) is 13.6. The highest BCUT2D eigenvalue weighted by Gasteiger charge is 2.33. The molecule has 4 heterocycles. The molecule has 0 radical (unpaired) electrons. The Labute approximate surface area is 280 Å². The highest BCUT2D eigenvalue weighted by molar-refractivity contribution is 6.09. The SMILES string of the molecule is CCCC(O)CC(O)CC(=O)CCc1cc(OC2CC#CC(O)c3ccc4c(c3CC3=CN=C5CN2C=C35)CCNC4N)c(O)cc1O. The Morgan fingerprint density at radius 3 is 2.79 bits per heavy atom. The molecule has 2 aromatic carbocycles. The monoisotopic (exact) mass is 656 g/mol. The number of ketones is 1. The van der Waals surface area contributed by atoms with Crippen molar-refractivity contribution < 1.29 is 35.1 Å². The minimum absolute atomic E-state index is 0.0613. The van der Waals surface area contributed by atoms with Crippen LogP contribution in [0.4, 0.5) is 0 Å². The van der Waals surface area contributed by atoms with E-state index in [1.165, 1.54) is 12.1 Å². The molecular weight excluding hydrogens is 612 g/mol. The van der Waals surface area contributed by atoms with E-state index < -0.39 is 24.5 Å². The molecule has 0 fully saturated rings. The molecule has 5 unspecified atom stereocenters. The molecule has 11 heteroatoms. The number of nitrogens with one attached hydrogen (secondary N) is 1. The van der Waals surface area contributed by atoms with Crippen LogP contribution in [0.5, 0.6) is 17.2 Å². The zero-order valence-corrected chi connectivity index (χ0v) is 27.2. The fourth-order valence-corrected chi connectivity index (χ4v) is 6.98. The van der Waals surface area contributed by atoms with Gasteiger partial charge in [-0.05, 0) is 65.1 Å². The molecule has 11 nitrogen and oxygen atoms in total. The summed E-state index contributed by atoms with van der Waals surface area (Å²) in [5, 5.41) is 56.1. The predicted molar refractivity (Wildman–Crippen MR) is 180 cm³/mol. The largest absolute Gasteiger partial charge is 0.508 e. The summed E-state index contributed by atoms with van der Waals surface area (Å²) in [4.78, 5) is 19.3. The van der Waals surface area contributed by atoms with Crippen LogP contribution in [0.1, 0.15) is 85.5 Å². The molecule has 0 aromatic heterocycles. The number of Topliss-reactive ketones (excluding diaryl/α,β-unsaturated/α-hetero) is 1. The van der Waals surface area contributed by atoms with Crippen molar-refractivity contribution in [1.82, 2.24) is 10.2 Å². The molecule has 5 atom stereocenters. The van der Waals surface area contributed by atoms with Crippen LogP contribution in [-0.4, -0.2) is 73.5 Å². The number of hydrogen-bond acceptors (Lipinski definition) is 11. The number of aromatic hydroxyl groups is 2. The van der Waals surface area contributed by atoms with E-state index in [1.54, 1.807) is 0 Å². The van der Waals surface area contributed by atoms with Gasteiger partial charge in [0.05, 0.1) is 37.1 Å². The number of nitrogens with two attached hydrogens (primary N) is 1. The van der Waals surface area contributed by atoms with Gasteiger partial charge in [0.25, 0.3) is 0 Å². The van der Waals surface area contributed by atoms with Crippen molar-refractivity contribution in [3.63, 3.8) is 0 Å². The number of ether oxygens (including phenoxy) is 1. The maximum Gasteiger partial charge on any atom is 0.183 e. The number of phenolic OH excluding ortho intramolecular Hbond substituents is 2. The summed E-state index contributed by atoms with van der Waals surface area (Å²) in [6.07, 6.45) is 3.54. The van der Waals surface area contributed by atoms with Crippen LogP contribution in [0.3, 0.4) is 0 Å². The number of aliphatic hydroxyl groups is 3. The summed E-state index contributed by atoms with van der Waals surface area (Å²) in [5.74, 6) is 5.58. The minimum atomic E-state index is -1.03. The first-order chi connectivity index (χ1) is 23.1. The van der Waals surface area contributed by atoms with Gasteiger partial charge in [0.2, 0.25) is 0 Å². The van der Waals surface area contributed by atoms with Gasteiger partial charge in [-0.3, -0.25) is 15.1 Å². The summed E-state index contributed by atoms with van der Waals surface area (Å²) >= 11 is 0. The van der Waals surface area contributed by atoms with Gasteiger partial charge in [-0.25, -0.2) is 0 Å². The van der Waals surface area contributed by atoms with E-state index >= 15 is 0 Å². The second kappa shape index (κ2) is 14.5. The Balaban J connectivity index is 1.21. The number of carbonyl (C=O) groups excluding carboxylic acids is 1. The maximum absolute atomic E-state index is 12.6. The van der Waals surface area contributed by atoms with Crippen LogP contribution < -0.4 is 15.8 Å². The molecule has 0 amide bonds. The molecule has 6 rings (SSSR count). The lowest BCUT2D eigenvalue weighted by Gasteiger charge is -2.29. The number of rotatable bonds is 11. The van der Waals surface area contributed by atoms with Crippen molar-refractivity contribution in [1.29, 1.82) is 0 Å². The molecule has 254 valence electrons. The lowest BCUT2D eigenvalue weighted by Crippen LogP contribution is -2.36. The van der Waals surface area contributed by atoms with Gasteiger partial charge >= 0.3 is 0 Å². The van der Waals surface area contributed by atoms with Gasteiger partial charge in [0.1, 0.15) is 17.6 Å². The van der Waals surface area contributed by atoms with Crippen molar-refractivity contribution in [2.45, 2.75) is 95.4 Å². The Morgan fingerprint density at radius 1 is 1.17 bits per heavy atom. The molecule has 2 bridgehead atoms. The number of phenols is 2. The van der Waals surface area contributed by atoms with Crippen LogP contribution in [0.25, 0.3) is 0 Å². The standard InChI is InChI=1S/C37H44N4O7/c1-2-4-23(42)15-25(44)16-24(43)8-7-21-14-35(34(47)17-33(21)46)48-36-6-3-5-32(45)27-9-10-28-26(11-12-39-37(28)38)29(27)13-22-18-40-31-20-41(36)19-30(22)31/h9-10,14,17-19,23,25,32,36-37,39,42,44-47H,2,4,6-8,11-13,15-16,20,38H2,1H3. The topological polar surface area (TPSA) is 181 Å². The molecule has 4 aliphatic heterocycles. The average Bonchev–Trinajstić information content (AvgIpc) is 3.62. The molecular formula is C37H44N4O7. The van der Waals surface area contributed by atoms with Crippen molar-refractivity contribution in [3.05, 3.63) is 75.6 Å². The van der Waals surface area contributed by atoms with E-state index in [2.05, 4.69) is 17.2 Å². The van der Waals surface area contributed by atoms with E-state index in [9.17, 15) is 30.3 Å². The number of nitrogens with zero attached hydrogens (tertiary/aromatic N) is 2. The van der Waals surface area contributed by atoms with Crippen LogP contribution in [-0.2, 0) is 24.1 Å². The predicted octanol–water partition coefficient (Wildman–Crippen LogP) is 2.93. The normalized spacial score (nSPS) is 22.5. The van der Waals surface area contributed by atoms with E-state index in [0.717, 1.165) is 58.5 Å². The third-order valence-electron chi connectivity index (χ3n) is 9.51. The quantitative estimate of drug-likeness (QED) is 0.178. The third-order valence-corrected chi connectivity index (χ3v) is 9.51.